The highest BCUT2D eigenvalue weighted by molar-refractivity contribution is 5.74. The van der Waals surface area contributed by atoms with Gasteiger partial charge in [-0.15, -0.1) is 0 Å². The molecule has 0 bridgehead atoms. The Labute approximate surface area is 805 Å². The molecule has 0 aliphatic carbocycles. The van der Waals surface area contributed by atoms with E-state index in [1.54, 1.807) is 0 Å². The van der Waals surface area contributed by atoms with Crippen molar-refractivity contribution in [3.63, 3.8) is 0 Å². The summed E-state index contributed by atoms with van der Waals surface area (Å²) >= 11 is 0. The maximum atomic E-state index is 13.5. The molecule has 12 heterocycles. The highest BCUT2D eigenvalue weighted by Crippen LogP contribution is 2.43. The van der Waals surface area contributed by atoms with E-state index in [0.29, 0.717) is 0 Å². The van der Waals surface area contributed by atoms with Crippen LogP contribution < -0.4 is 21.3 Å². The molecule has 0 aromatic carbocycles. The fourth-order valence-corrected chi connectivity index (χ4v) is 18.5. The van der Waals surface area contributed by atoms with Gasteiger partial charge in [-0.2, -0.15) is 0 Å². The van der Waals surface area contributed by atoms with E-state index in [1.807, 2.05) is 0 Å². The fourth-order valence-electron chi connectivity index (χ4n) is 18.5. The number of aliphatic hydroxyl groups is 31. The van der Waals surface area contributed by atoms with Crippen LogP contribution in [0.3, 0.4) is 0 Å². The Morgan fingerprint density at radius 1 is 0.197 bits per heavy atom. The number of hydrogen-bond donors (Lipinski definition) is 35. The van der Waals surface area contributed by atoms with E-state index in [9.17, 15) is 177 Å². The lowest BCUT2D eigenvalue weighted by Crippen LogP contribution is -2.71. The van der Waals surface area contributed by atoms with Crippen molar-refractivity contribution in [1.82, 2.24) is 21.3 Å². The van der Waals surface area contributed by atoms with Gasteiger partial charge in [0.1, 0.15) is 274 Å². The van der Waals surface area contributed by atoms with E-state index in [-0.39, 0.29) is 0 Å². The van der Waals surface area contributed by atoms with Crippen molar-refractivity contribution in [1.29, 1.82) is 0 Å². The maximum absolute atomic E-state index is 13.5. The van der Waals surface area contributed by atoms with Gasteiger partial charge in [0.15, 0.2) is 75.5 Å². The molecule has 12 aliphatic rings. The van der Waals surface area contributed by atoms with E-state index in [4.69, 9.17) is 109 Å². The highest BCUT2D eigenvalue weighted by Gasteiger charge is 2.63. The minimum Gasteiger partial charge on any atom is -0.394 e. The first-order valence-corrected chi connectivity index (χ1v) is 45.7. The normalized spacial score (nSPS) is 50.9. The zero-order valence-corrected chi connectivity index (χ0v) is 76.9. The molecule has 0 radical (unpaired) electrons. The number of aliphatic hydroxyl groups excluding tert-OH is 31. The summed E-state index contributed by atoms with van der Waals surface area (Å²) < 4.78 is 139. The summed E-state index contributed by atoms with van der Waals surface area (Å²) in [6, 6.07) is -8.10. The number of hydrogen-bond acceptors (Lipinski definition) is 58. The number of rotatable bonds is 35. The van der Waals surface area contributed by atoms with Crippen molar-refractivity contribution < 1.29 is 286 Å². The molecule has 0 spiro atoms. The molecule has 12 saturated heterocycles. The fraction of sp³-hybridized carbons (Fsp3) is 0.950. The molecule has 0 saturated carbocycles. The summed E-state index contributed by atoms with van der Waals surface area (Å²) in [5, 5.41) is 360. The predicted octanol–water partition coefficient (Wildman–Crippen LogP) is -23.5. The second kappa shape index (κ2) is 50.3. The average Bonchev–Trinajstić information content (AvgIpc) is 0.749. The van der Waals surface area contributed by atoms with Gasteiger partial charge in [-0.1, -0.05) is 0 Å². The molecular formula is C80H134N4O58. The maximum Gasteiger partial charge on any atom is 0.217 e. The topological polar surface area (TPSA) is 956 Å². The van der Waals surface area contributed by atoms with Gasteiger partial charge in [-0.05, 0) is 20.8 Å². The Bertz CT molecular complexity index is 3940. The third-order valence-electron chi connectivity index (χ3n) is 26.5. The van der Waals surface area contributed by atoms with Gasteiger partial charge in [0, 0.05) is 27.7 Å². The molecule has 0 unspecified atom stereocenters. The molecule has 822 valence electrons. The minimum atomic E-state index is -2.73. The van der Waals surface area contributed by atoms with Crippen LogP contribution in [0.5, 0.6) is 0 Å². The summed E-state index contributed by atoms with van der Waals surface area (Å²) in [6.07, 6.45) is -118. The predicted molar refractivity (Wildman–Crippen MR) is 437 cm³/mol. The van der Waals surface area contributed by atoms with E-state index < -0.39 is 451 Å². The SMILES string of the molecule is CC(=O)N[C@@H]1[C@@H](O[C@@H]2O[C@@H](C)[C@@H](O)[C@@H](O)[C@@H]2O)[C@H](O[C@@H]2O[C@H](CO)[C@@H](O[C@@H]3O[C@H](CO[C@H]4O[C@H](CO)[C@@H](O)[C@H](O)[C@@H]4O[C@@H]4O[C@H](CO[C@@H]5O[C@@H](C)[C@@H](O)[C@@H](O)[C@@H]5O)[C@@H](O[C@@H]5O[C@H](CO)[C@H](O)[C@H](O)[C@H]5O)[C@H](O)[C@H]4NC(C)=O)[C@@H](O)[C@H](O[C@H]4O[C@H](CO)[C@@H](O)[C@H](O)[C@@H]4O[C@@H]4O[C@H](CO[C@@H]5O[C@@H](C)[C@@H](O)[C@@H](O)[C@@H]5O)[C@@H](O[C@@H]5O[C@H](CO)[C@H](O)[C@H](O)[C@H]5O)[C@H](O)[C@H]4NC(C)=O)[C@@H]3O)[C@H](O)[C@H]2NC(C)=O)[C@@H](CO)O[C@H]1O. The van der Waals surface area contributed by atoms with E-state index in [1.165, 1.54) is 20.8 Å². The van der Waals surface area contributed by atoms with Crippen molar-refractivity contribution in [3.8, 4) is 0 Å². The molecule has 60 atom stereocenters. The van der Waals surface area contributed by atoms with Crippen LogP contribution in [0, 0.1) is 0 Å². The van der Waals surface area contributed by atoms with Crippen LogP contribution >= 0.6 is 0 Å². The van der Waals surface area contributed by atoms with Gasteiger partial charge in [0.2, 0.25) is 23.6 Å². The molecule has 0 aromatic heterocycles. The first-order valence-electron chi connectivity index (χ1n) is 45.7. The smallest absolute Gasteiger partial charge is 0.217 e. The lowest BCUT2D eigenvalue weighted by atomic mass is 9.93. The first kappa shape index (κ1) is 116. The number of ether oxygens (including phenoxy) is 23. The van der Waals surface area contributed by atoms with Crippen molar-refractivity contribution in [3.05, 3.63) is 0 Å². The number of nitrogens with one attached hydrogen (secondary N) is 4. The second-order valence-electron chi connectivity index (χ2n) is 36.6. The number of amides is 4. The molecule has 142 heavy (non-hydrogen) atoms. The minimum absolute atomic E-state index is 0.884. The molecule has 4 amide bonds. The molecule has 62 heteroatoms. The van der Waals surface area contributed by atoms with Crippen LogP contribution in [0.25, 0.3) is 0 Å². The highest BCUT2D eigenvalue weighted by atomic mass is 16.8. The second-order valence-corrected chi connectivity index (χ2v) is 36.6. The lowest BCUT2D eigenvalue weighted by molar-refractivity contribution is -0.401. The average molecular weight is 2080 g/mol. The zero-order chi connectivity index (χ0) is 104. The Hall–Kier alpha value is -4.28. The van der Waals surface area contributed by atoms with Crippen LogP contribution in [-0.2, 0) is 128 Å². The van der Waals surface area contributed by atoms with E-state index >= 15 is 0 Å². The van der Waals surface area contributed by atoms with Gasteiger partial charge < -0.3 is 289 Å². The third-order valence-corrected chi connectivity index (χ3v) is 26.5. The number of carbonyl (C=O) groups excluding carboxylic acids is 4. The third kappa shape index (κ3) is 25.5. The Morgan fingerprint density at radius 3 is 0.824 bits per heavy atom. The Balaban J connectivity index is 0.909. The molecule has 35 N–H and O–H groups in total. The van der Waals surface area contributed by atoms with Crippen molar-refractivity contribution in [2.75, 3.05) is 59.5 Å². The van der Waals surface area contributed by atoms with Gasteiger partial charge in [0.05, 0.1) is 77.8 Å². The largest absolute Gasteiger partial charge is 0.394 e. The molecule has 12 rings (SSSR count). The molecule has 0 aromatic rings. The summed E-state index contributed by atoms with van der Waals surface area (Å²) in [5.41, 5.74) is 0. The van der Waals surface area contributed by atoms with Gasteiger partial charge in [0.25, 0.3) is 0 Å². The molecule has 12 aliphatic heterocycles. The van der Waals surface area contributed by atoms with Crippen molar-refractivity contribution in [2.24, 2.45) is 0 Å². The molecule has 12 fully saturated rings. The summed E-state index contributed by atoms with van der Waals surface area (Å²) in [4.78, 5) is 53.1. The summed E-state index contributed by atoms with van der Waals surface area (Å²) in [6.45, 7) is -3.00. The van der Waals surface area contributed by atoms with Crippen molar-refractivity contribution in [2.45, 2.75) is 417 Å². The zero-order valence-electron chi connectivity index (χ0n) is 76.9. The van der Waals surface area contributed by atoms with Crippen LogP contribution in [0.15, 0.2) is 0 Å². The quantitative estimate of drug-likeness (QED) is 0.0280. The van der Waals surface area contributed by atoms with Crippen LogP contribution in [-0.4, -0.2) is 610 Å². The standard InChI is InChI=1S/C80H134N4O58/c1-17-37(95)48(106)55(113)73(123-17)120-15-31-62(136-76-58(116)51(109)40(98)24(8-85)127-76)46(104)34(82-21(5)92)71(133-31)141-67-53(111)42(100)26(10-87)129-79(67)122-14-30-44(102)66(60(118)78(132-30)135-61-28(12-89)131-70(33(45(61)103)81-20(4)91)138-64-29(13-90)126-69(119)36(84-23(7)94)65(64)139-75-57(115)50(108)39(97)19(3)125-75)140-80-68(54(112)43(101)27(11-88)130-80)142-72-35(83-22(6)93)47(105)63(137-77-59(117)52(110)41(99)25(9-86)128-77)32(134-72)16-121-74-56(114)49(107)38(96)18(2)124-74/h17-19,24-80,85-90,95-119H,8-16H2,1-7H3,(H,81,91)(H,82,92)(H,83,93)(H,84,94)/t17-,18-,19-,24+,25+,26+,27+,28+,29+,30+,31+,32+,33+,34+,35+,36+,37+,38+,39+,40-,41-,42+,43+,44+,45+,46+,47+,48+,49+,50+,51-,52-,53-,54-,55-,56-,57-,58+,59+,60-,61+,62+,63+,64+,65+,66-,67-,68-,69+,70-,71-,72-,73+,74+,75-,76-,77-,78-,79-,80+/m0/s1. The van der Waals surface area contributed by atoms with Crippen LogP contribution in [0.2, 0.25) is 0 Å². The summed E-state index contributed by atoms with van der Waals surface area (Å²) in [7, 11) is 0. The summed E-state index contributed by atoms with van der Waals surface area (Å²) in [5.74, 6) is -4.00. The molecular weight excluding hydrogens is 1940 g/mol. The van der Waals surface area contributed by atoms with E-state index in [2.05, 4.69) is 21.3 Å². The monoisotopic (exact) mass is 2080 g/mol. The Morgan fingerprint density at radius 2 is 0.444 bits per heavy atom. The number of carbonyl (C=O) groups is 4. The van der Waals surface area contributed by atoms with Gasteiger partial charge >= 0.3 is 0 Å². The van der Waals surface area contributed by atoms with Crippen molar-refractivity contribution >= 4 is 23.6 Å². The lowest BCUT2D eigenvalue weighted by Gasteiger charge is -2.51. The van der Waals surface area contributed by atoms with Gasteiger partial charge in [-0.25, -0.2) is 0 Å². The van der Waals surface area contributed by atoms with E-state index in [0.717, 1.165) is 27.7 Å². The first-order chi connectivity index (χ1) is 67.0. The Kier molecular flexibility index (Phi) is 41.2. The van der Waals surface area contributed by atoms with Gasteiger partial charge in [-0.3, -0.25) is 19.2 Å². The molecule has 62 nitrogen and oxygen atoms in total. The van der Waals surface area contributed by atoms with Crippen LogP contribution in [0.1, 0.15) is 48.5 Å². The van der Waals surface area contributed by atoms with Crippen LogP contribution in [0.4, 0.5) is 0 Å².